The lowest BCUT2D eigenvalue weighted by Crippen LogP contribution is -2.27. The Morgan fingerprint density at radius 1 is 1.18 bits per heavy atom. The zero-order valence-corrected chi connectivity index (χ0v) is 12.4. The summed E-state index contributed by atoms with van der Waals surface area (Å²) in [5, 5.41) is 5.51. The minimum Gasteiger partial charge on any atom is -0.490 e. The fraction of sp³-hybridized carbons (Fsp3) is 0.353. The molecule has 0 saturated heterocycles. The van der Waals surface area contributed by atoms with Gasteiger partial charge in [0.15, 0.2) is 0 Å². The normalized spacial score (nSPS) is 14.7. The molecule has 3 rings (SSSR count). The Morgan fingerprint density at radius 3 is 2.64 bits per heavy atom. The minimum absolute atomic E-state index is 0.263. The van der Waals surface area contributed by atoms with Gasteiger partial charge in [-0.15, -0.1) is 0 Å². The second kappa shape index (κ2) is 7.02. The third-order valence-corrected chi connectivity index (χ3v) is 3.72. The topological polar surface area (TPSA) is 63.5 Å². The van der Waals surface area contributed by atoms with Crippen molar-refractivity contribution in [3.63, 3.8) is 0 Å². The van der Waals surface area contributed by atoms with Crippen LogP contribution in [0.5, 0.6) is 5.75 Å². The molecule has 0 spiro atoms. The van der Waals surface area contributed by atoms with E-state index in [-0.39, 0.29) is 6.03 Å². The van der Waals surface area contributed by atoms with E-state index in [1.807, 2.05) is 30.3 Å². The first-order chi connectivity index (χ1) is 10.8. The third-order valence-electron chi connectivity index (χ3n) is 3.72. The lowest BCUT2D eigenvalue weighted by Gasteiger charge is -2.13. The van der Waals surface area contributed by atoms with E-state index in [2.05, 4.69) is 10.6 Å². The van der Waals surface area contributed by atoms with E-state index < -0.39 is 0 Å². The monoisotopic (exact) mass is 300 g/mol. The maximum Gasteiger partial charge on any atom is 0.319 e. The number of ether oxygens (including phenoxy) is 1. The molecule has 2 amide bonds. The molecule has 5 nitrogen and oxygen atoms in total. The molecule has 1 aromatic heterocycles. The summed E-state index contributed by atoms with van der Waals surface area (Å²) in [5.74, 6) is 1.57. The highest BCUT2D eigenvalue weighted by atomic mass is 16.5. The molecule has 5 heteroatoms. The van der Waals surface area contributed by atoms with E-state index >= 15 is 0 Å². The van der Waals surface area contributed by atoms with Crippen LogP contribution in [0.1, 0.15) is 31.4 Å². The second-order valence-electron chi connectivity index (χ2n) is 5.44. The van der Waals surface area contributed by atoms with E-state index in [0.29, 0.717) is 12.6 Å². The summed E-state index contributed by atoms with van der Waals surface area (Å²) in [6, 6.07) is 10.8. The van der Waals surface area contributed by atoms with Gasteiger partial charge >= 0.3 is 6.03 Å². The second-order valence-corrected chi connectivity index (χ2v) is 5.44. The third kappa shape index (κ3) is 4.04. The van der Waals surface area contributed by atoms with Gasteiger partial charge in [0.2, 0.25) is 0 Å². The Balaban J connectivity index is 1.46. The zero-order valence-electron chi connectivity index (χ0n) is 12.4. The number of anilines is 1. The van der Waals surface area contributed by atoms with Gasteiger partial charge in [0.1, 0.15) is 11.5 Å². The summed E-state index contributed by atoms with van der Waals surface area (Å²) >= 11 is 0. The highest BCUT2D eigenvalue weighted by Gasteiger charge is 2.16. The number of amides is 2. The smallest absolute Gasteiger partial charge is 0.319 e. The van der Waals surface area contributed by atoms with Crippen molar-refractivity contribution in [3.8, 4) is 5.75 Å². The Labute approximate surface area is 129 Å². The number of hydrogen-bond acceptors (Lipinski definition) is 3. The molecule has 0 bridgehead atoms. The SMILES string of the molecule is O=C(NCc1ccco1)Nc1ccc(OC2CCCC2)cc1. The van der Waals surface area contributed by atoms with Crippen LogP contribution in [0.15, 0.2) is 47.1 Å². The van der Waals surface area contributed by atoms with Crippen molar-refractivity contribution < 1.29 is 13.9 Å². The molecule has 0 aliphatic heterocycles. The summed E-state index contributed by atoms with van der Waals surface area (Å²) < 4.78 is 11.0. The lowest BCUT2D eigenvalue weighted by molar-refractivity contribution is 0.210. The van der Waals surface area contributed by atoms with Crippen LogP contribution in [0.2, 0.25) is 0 Å². The number of hydrogen-bond donors (Lipinski definition) is 2. The van der Waals surface area contributed by atoms with Gasteiger partial charge in [-0.1, -0.05) is 0 Å². The molecule has 1 saturated carbocycles. The number of furan rings is 1. The van der Waals surface area contributed by atoms with Gasteiger partial charge in [-0.3, -0.25) is 0 Å². The largest absolute Gasteiger partial charge is 0.490 e. The van der Waals surface area contributed by atoms with Gasteiger partial charge in [0.05, 0.1) is 18.9 Å². The van der Waals surface area contributed by atoms with Gasteiger partial charge in [0, 0.05) is 5.69 Å². The van der Waals surface area contributed by atoms with Crippen molar-refractivity contribution in [2.75, 3.05) is 5.32 Å². The molecule has 2 N–H and O–H groups in total. The van der Waals surface area contributed by atoms with Gasteiger partial charge in [-0.05, 0) is 62.1 Å². The zero-order chi connectivity index (χ0) is 15.2. The Morgan fingerprint density at radius 2 is 1.95 bits per heavy atom. The number of urea groups is 1. The van der Waals surface area contributed by atoms with E-state index in [9.17, 15) is 4.79 Å². The summed E-state index contributed by atoms with van der Waals surface area (Å²) in [4.78, 5) is 11.8. The molecule has 1 aromatic carbocycles. The summed E-state index contributed by atoms with van der Waals surface area (Å²) in [5.41, 5.74) is 0.732. The van der Waals surface area contributed by atoms with Crippen molar-refractivity contribution in [3.05, 3.63) is 48.4 Å². The molecule has 1 heterocycles. The molecule has 2 aromatic rings. The van der Waals surface area contributed by atoms with Crippen molar-refractivity contribution in [1.82, 2.24) is 5.32 Å². The van der Waals surface area contributed by atoms with Crippen LogP contribution in [0.3, 0.4) is 0 Å². The van der Waals surface area contributed by atoms with Crippen LogP contribution >= 0.6 is 0 Å². The van der Waals surface area contributed by atoms with Crippen LogP contribution in [0.4, 0.5) is 10.5 Å². The van der Waals surface area contributed by atoms with E-state index in [0.717, 1.165) is 30.0 Å². The van der Waals surface area contributed by atoms with Crippen LogP contribution in [-0.4, -0.2) is 12.1 Å². The van der Waals surface area contributed by atoms with Crippen LogP contribution in [0, 0.1) is 0 Å². The molecule has 1 aliphatic rings. The Kier molecular flexibility index (Phi) is 4.63. The fourth-order valence-corrected chi connectivity index (χ4v) is 2.57. The number of carbonyl (C=O) groups is 1. The highest BCUT2D eigenvalue weighted by molar-refractivity contribution is 5.89. The highest BCUT2D eigenvalue weighted by Crippen LogP contribution is 2.24. The van der Waals surface area contributed by atoms with Crippen LogP contribution < -0.4 is 15.4 Å². The lowest BCUT2D eigenvalue weighted by atomic mass is 10.3. The maximum absolute atomic E-state index is 11.8. The molecular formula is C17H20N2O3. The van der Waals surface area contributed by atoms with Crippen LogP contribution in [0.25, 0.3) is 0 Å². The van der Waals surface area contributed by atoms with E-state index in [1.165, 1.54) is 12.8 Å². The predicted octanol–water partition coefficient (Wildman–Crippen LogP) is 3.92. The molecule has 0 atom stereocenters. The molecule has 116 valence electrons. The van der Waals surface area contributed by atoms with Crippen molar-refractivity contribution in [1.29, 1.82) is 0 Å². The summed E-state index contributed by atoms with van der Waals surface area (Å²) in [6.45, 7) is 0.363. The molecule has 0 unspecified atom stereocenters. The van der Waals surface area contributed by atoms with Crippen molar-refractivity contribution in [2.24, 2.45) is 0 Å². The van der Waals surface area contributed by atoms with Crippen LogP contribution in [-0.2, 0) is 6.54 Å². The van der Waals surface area contributed by atoms with Gasteiger partial charge in [-0.25, -0.2) is 4.79 Å². The quantitative estimate of drug-likeness (QED) is 0.879. The Hall–Kier alpha value is -2.43. The molecule has 0 radical (unpaired) electrons. The van der Waals surface area contributed by atoms with Gasteiger partial charge in [0.25, 0.3) is 0 Å². The maximum atomic E-state index is 11.8. The van der Waals surface area contributed by atoms with Crippen molar-refractivity contribution >= 4 is 11.7 Å². The standard InChI is InChI=1S/C17H20N2O3/c20-17(18-12-16-6-3-11-21-16)19-13-7-9-15(10-8-13)22-14-4-1-2-5-14/h3,6-11,14H,1-2,4-5,12H2,(H2,18,19,20). The number of rotatable bonds is 5. The summed E-state index contributed by atoms with van der Waals surface area (Å²) in [7, 11) is 0. The van der Waals surface area contributed by atoms with E-state index in [1.54, 1.807) is 12.3 Å². The molecule has 1 aliphatic carbocycles. The molecule has 22 heavy (non-hydrogen) atoms. The average molecular weight is 300 g/mol. The minimum atomic E-state index is -0.263. The number of benzene rings is 1. The first-order valence-electron chi connectivity index (χ1n) is 7.63. The number of nitrogens with one attached hydrogen (secondary N) is 2. The van der Waals surface area contributed by atoms with Gasteiger partial charge < -0.3 is 19.8 Å². The first-order valence-corrected chi connectivity index (χ1v) is 7.63. The van der Waals surface area contributed by atoms with E-state index in [4.69, 9.17) is 9.15 Å². The fourth-order valence-electron chi connectivity index (χ4n) is 2.57. The Bertz CT molecular complexity index is 587. The first kappa shape index (κ1) is 14.5. The number of carbonyl (C=O) groups excluding carboxylic acids is 1. The molecule has 1 fully saturated rings. The average Bonchev–Trinajstić information content (AvgIpc) is 3.20. The summed E-state index contributed by atoms with van der Waals surface area (Å²) in [6.07, 6.45) is 6.69. The van der Waals surface area contributed by atoms with Gasteiger partial charge in [-0.2, -0.15) is 0 Å². The predicted molar refractivity (Wildman–Crippen MR) is 83.9 cm³/mol. The van der Waals surface area contributed by atoms with Crippen molar-refractivity contribution in [2.45, 2.75) is 38.3 Å². The molecular weight excluding hydrogens is 280 g/mol.